The van der Waals surface area contributed by atoms with Crippen molar-refractivity contribution >= 4 is 24.4 Å². The Morgan fingerprint density at radius 2 is 1.23 bits per heavy atom. The molecule has 118 valence electrons. The van der Waals surface area contributed by atoms with Crippen LogP contribution in [0.3, 0.4) is 0 Å². The smallest absolute Gasteiger partial charge is 0.372 e. The number of carbonyl (C=O) groups excluding carboxylic acids is 2. The van der Waals surface area contributed by atoms with Gasteiger partial charge in [0.15, 0.2) is 12.4 Å². The van der Waals surface area contributed by atoms with E-state index in [0.717, 1.165) is 11.1 Å². The summed E-state index contributed by atoms with van der Waals surface area (Å²) < 4.78 is 9.61. The molecular weight excluding hydrogens is 284 g/mol. The van der Waals surface area contributed by atoms with Crippen molar-refractivity contribution in [3.8, 4) is 0 Å². The summed E-state index contributed by atoms with van der Waals surface area (Å²) in [5, 5.41) is 0. The Kier molecular flexibility index (Phi) is 8.18. The molecule has 0 amide bonds. The lowest BCUT2D eigenvalue weighted by Gasteiger charge is -1.94. The molecule has 1 aromatic carbocycles. The fraction of sp³-hybridized carbons (Fsp3) is 0.375. The highest BCUT2D eigenvalue weighted by Gasteiger charge is 2.03. The molecule has 0 saturated carbocycles. The van der Waals surface area contributed by atoms with Crippen LogP contribution in [-0.4, -0.2) is 50.7 Å². The summed E-state index contributed by atoms with van der Waals surface area (Å²) in [6.45, 7) is 4.58. The predicted molar refractivity (Wildman–Crippen MR) is 81.7 cm³/mol. The van der Waals surface area contributed by atoms with Gasteiger partial charge in [0, 0.05) is 11.1 Å². The zero-order chi connectivity index (χ0) is 16.2. The van der Waals surface area contributed by atoms with Gasteiger partial charge in [-0.1, -0.05) is 0 Å². The van der Waals surface area contributed by atoms with Crippen LogP contribution in [0.5, 0.6) is 0 Å². The summed E-state index contributed by atoms with van der Waals surface area (Å²) >= 11 is 0. The van der Waals surface area contributed by atoms with Crippen LogP contribution in [0, 0.1) is 0 Å². The van der Waals surface area contributed by atoms with Gasteiger partial charge in [-0.05, 0) is 38.1 Å². The van der Waals surface area contributed by atoms with Crippen molar-refractivity contribution < 1.29 is 29.0 Å². The van der Waals surface area contributed by atoms with Gasteiger partial charge in [-0.3, -0.25) is 0 Å². The maximum absolute atomic E-state index is 11.2. The first-order valence-electron chi connectivity index (χ1n) is 7.20. The van der Waals surface area contributed by atoms with Crippen molar-refractivity contribution in [1.29, 1.82) is 0 Å². The van der Waals surface area contributed by atoms with Gasteiger partial charge in [0.05, 0.1) is 13.2 Å². The average molecular weight is 306 g/mol. The molecule has 2 N–H and O–H groups in total. The number of hydrogen-bond acceptors (Lipinski definition) is 4. The van der Waals surface area contributed by atoms with E-state index in [4.69, 9.17) is 9.47 Å². The topological polar surface area (TPSA) is 80.5 Å². The Hall–Kier alpha value is -2.50. The quantitative estimate of drug-likeness (QED) is 0.422. The fourth-order valence-corrected chi connectivity index (χ4v) is 1.62. The van der Waals surface area contributed by atoms with E-state index in [1.165, 1.54) is 0 Å². The molecule has 0 aliphatic heterocycles. The van der Waals surface area contributed by atoms with Crippen LogP contribution in [0.4, 0.5) is 0 Å². The highest BCUT2D eigenvalue weighted by atomic mass is 16.5. The molecule has 0 aliphatic rings. The van der Waals surface area contributed by atoms with Gasteiger partial charge in [0.1, 0.15) is 0 Å². The minimum atomic E-state index is -0.285. The normalized spacial score (nSPS) is 11.0. The largest absolute Gasteiger partial charge is 0.461 e. The van der Waals surface area contributed by atoms with Gasteiger partial charge in [0.25, 0.3) is 0 Å². The maximum Gasteiger partial charge on any atom is 0.372 e. The van der Waals surface area contributed by atoms with Gasteiger partial charge in [0.2, 0.25) is 13.1 Å². The Balaban J connectivity index is 2.45. The third-order valence-corrected chi connectivity index (χ3v) is 2.58. The summed E-state index contributed by atoms with van der Waals surface area (Å²) in [6, 6.07) is 7.60. The van der Waals surface area contributed by atoms with E-state index in [1.807, 2.05) is 24.3 Å². The highest BCUT2D eigenvalue weighted by molar-refractivity contribution is 5.80. The SMILES string of the molecule is CCOC(=O)C[NH+]=Cc1ccc(C=[NH+]CC(=O)OCC)cc1. The molecule has 1 aromatic rings. The van der Waals surface area contributed by atoms with Crippen LogP contribution in [0.2, 0.25) is 0 Å². The van der Waals surface area contributed by atoms with E-state index >= 15 is 0 Å². The van der Waals surface area contributed by atoms with Crippen LogP contribution in [0.15, 0.2) is 24.3 Å². The summed E-state index contributed by atoms with van der Waals surface area (Å²) in [7, 11) is 0. The van der Waals surface area contributed by atoms with E-state index in [2.05, 4.69) is 9.98 Å². The number of rotatable bonds is 8. The fourth-order valence-electron chi connectivity index (χ4n) is 1.62. The average Bonchev–Trinajstić information content (AvgIpc) is 2.49. The third-order valence-electron chi connectivity index (χ3n) is 2.58. The van der Waals surface area contributed by atoms with Crippen LogP contribution in [0.25, 0.3) is 0 Å². The van der Waals surface area contributed by atoms with Crippen molar-refractivity contribution in [2.45, 2.75) is 13.8 Å². The number of nitrogens with one attached hydrogen (secondary N) is 2. The van der Waals surface area contributed by atoms with Crippen LogP contribution < -0.4 is 9.98 Å². The summed E-state index contributed by atoms with van der Waals surface area (Å²) in [5.74, 6) is -0.571. The number of hydrogen-bond donors (Lipinski definition) is 2. The van der Waals surface area contributed by atoms with Gasteiger partial charge in [-0.15, -0.1) is 0 Å². The third kappa shape index (κ3) is 7.33. The number of carbonyl (C=O) groups is 2. The lowest BCUT2D eigenvalue weighted by molar-refractivity contribution is -0.441. The van der Waals surface area contributed by atoms with Gasteiger partial charge < -0.3 is 9.47 Å². The molecule has 0 unspecified atom stereocenters. The summed E-state index contributed by atoms with van der Waals surface area (Å²) in [4.78, 5) is 28.1. The molecular formula is C16H22N2O4+2. The zero-order valence-corrected chi connectivity index (χ0v) is 12.9. The molecule has 6 nitrogen and oxygen atoms in total. The highest BCUT2D eigenvalue weighted by Crippen LogP contribution is 1.97. The van der Waals surface area contributed by atoms with Crippen LogP contribution >= 0.6 is 0 Å². The van der Waals surface area contributed by atoms with Crippen molar-refractivity contribution in [3.05, 3.63) is 35.4 Å². The predicted octanol–water partition coefficient (Wildman–Crippen LogP) is -2.19. The van der Waals surface area contributed by atoms with Crippen molar-refractivity contribution in [2.24, 2.45) is 0 Å². The van der Waals surface area contributed by atoms with E-state index in [9.17, 15) is 9.59 Å². The van der Waals surface area contributed by atoms with Crippen molar-refractivity contribution in [3.63, 3.8) is 0 Å². The Bertz CT molecular complexity index is 487. The zero-order valence-electron chi connectivity index (χ0n) is 12.9. The van der Waals surface area contributed by atoms with Gasteiger partial charge in [-0.25, -0.2) is 19.6 Å². The molecule has 0 radical (unpaired) electrons. The minimum Gasteiger partial charge on any atom is -0.461 e. The Labute approximate surface area is 129 Å². The van der Waals surface area contributed by atoms with E-state index < -0.39 is 0 Å². The van der Waals surface area contributed by atoms with Crippen molar-refractivity contribution in [1.82, 2.24) is 0 Å². The number of esters is 2. The molecule has 0 aliphatic carbocycles. The Morgan fingerprint density at radius 1 is 0.864 bits per heavy atom. The second kappa shape index (κ2) is 10.3. The monoisotopic (exact) mass is 306 g/mol. The van der Waals surface area contributed by atoms with Gasteiger partial charge >= 0.3 is 11.9 Å². The van der Waals surface area contributed by atoms with Gasteiger partial charge in [-0.2, -0.15) is 0 Å². The van der Waals surface area contributed by atoms with Crippen molar-refractivity contribution in [2.75, 3.05) is 26.3 Å². The minimum absolute atomic E-state index is 0.142. The Morgan fingerprint density at radius 3 is 1.55 bits per heavy atom. The molecule has 0 aromatic heterocycles. The van der Waals surface area contributed by atoms with Crippen LogP contribution in [0.1, 0.15) is 25.0 Å². The second-order valence-electron chi connectivity index (χ2n) is 4.33. The molecule has 6 heteroatoms. The standard InChI is InChI=1S/C16H20N2O4/c1-3-21-15(19)11-17-9-13-5-7-14(8-6-13)10-18-12-16(20)22-4-2/h5-10H,3-4,11-12H2,1-2H3/p+2. The molecule has 22 heavy (non-hydrogen) atoms. The molecule has 0 heterocycles. The number of benzene rings is 1. The second-order valence-corrected chi connectivity index (χ2v) is 4.33. The molecule has 0 saturated heterocycles. The first-order valence-corrected chi connectivity index (χ1v) is 7.20. The molecule has 0 fully saturated rings. The molecule has 0 atom stereocenters. The lowest BCUT2D eigenvalue weighted by atomic mass is 10.1. The van der Waals surface area contributed by atoms with E-state index in [1.54, 1.807) is 26.3 Å². The van der Waals surface area contributed by atoms with E-state index in [0.29, 0.717) is 13.2 Å². The first kappa shape index (κ1) is 17.6. The number of ether oxygens (including phenoxy) is 2. The van der Waals surface area contributed by atoms with Crippen LogP contribution in [-0.2, 0) is 19.1 Å². The summed E-state index contributed by atoms with van der Waals surface area (Å²) in [5.41, 5.74) is 1.87. The maximum atomic E-state index is 11.2. The van der Waals surface area contributed by atoms with E-state index in [-0.39, 0.29) is 25.0 Å². The molecule has 1 rings (SSSR count). The molecule has 0 bridgehead atoms. The lowest BCUT2D eigenvalue weighted by Crippen LogP contribution is -2.71. The molecule has 0 spiro atoms. The first-order chi connectivity index (χ1) is 10.7. The summed E-state index contributed by atoms with van der Waals surface area (Å²) in [6.07, 6.45) is 3.49.